The Balaban J connectivity index is 1.87. The Labute approximate surface area is 241 Å². The monoisotopic (exact) mass is 563 g/mol. The molecule has 5 nitrogen and oxygen atoms in total. The van der Waals surface area contributed by atoms with Gasteiger partial charge in [-0.15, -0.1) is 22.7 Å². The zero-order valence-electron chi connectivity index (χ0n) is 24.0. The van der Waals surface area contributed by atoms with Crippen LogP contribution in [0.2, 0.25) is 0 Å². The number of aryl methyl sites for hydroxylation is 1. The van der Waals surface area contributed by atoms with E-state index < -0.39 is 0 Å². The van der Waals surface area contributed by atoms with Gasteiger partial charge in [-0.2, -0.15) is 5.26 Å². The fraction of sp³-hybridized carbons (Fsp3) is 0.531. The van der Waals surface area contributed by atoms with Gasteiger partial charge in [0.25, 0.3) is 11.8 Å². The number of hydrogen-bond acceptors (Lipinski definition) is 5. The van der Waals surface area contributed by atoms with E-state index >= 15 is 0 Å². The van der Waals surface area contributed by atoms with Crippen molar-refractivity contribution in [3.8, 4) is 6.07 Å². The summed E-state index contributed by atoms with van der Waals surface area (Å²) in [7, 11) is 0. The highest BCUT2D eigenvalue weighted by atomic mass is 32.1. The van der Waals surface area contributed by atoms with Crippen LogP contribution in [0.25, 0.3) is 11.4 Å². The Morgan fingerprint density at radius 2 is 1.26 bits per heavy atom. The summed E-state index contributed by atoms with van der Waals surface area (Å²) in [6, 6.07) is 10.1. The van der Waals surface area contributed by atoms with Crippen LogP contribution in [0, 0.1) is 30.1 Å². The maximum atomic E-state index is 14.4. The molecule has 2 aliphatic rings. The third-order valence-electron chi connectivity index (χ3n) is 8.07. The first-order valence-corrected chi connectivity index (χ1v) is 16.2. The molecule has 2 aromatic rings. The van der Waals surface area contributed by atoms with E-state index in [1.54, 1.807) is 17.4 Å². The van der Waals surface area contributed by atoms with Crippen molar-refractivity contribution in [1.29, 1.82) is 5.26 Å². The first kappa shape index (κ1) is 29.3. The molecule has 2 unspecified atom stereocenters. The summed E-state index contributed by atoms with van der Waals surface area (Å²) in [6.07, 6.45) is 8.59. The quantitative estimate of drug-likeness (QED) is 0.233. The van der Waals surface area contributed by atoms with Crippen LogP contribution in [0.1, 0.15) is 98.6 Å². The number of carbonyl (C=O) groups excluding carboxylic acids is 2. The molecule has 39 heavy (non-hydrogen) atoms. The van der Waals surface area contributed by atoms with E-state index in [9.17, 15) is 14.9 Å². The molecule has 0 spiro atoms. The van der Waals surface area contributed by atoms with Crippen LogP contribution in [0.15, 0.2) is 35.4 Å². The second-order valence-electron chi connectivity index (χ2n) is 10.8. The number of nitrogens with zero attached hydrogens (tertiary/aromatic N) is 3. The van der Waals surface area contributed by atoms with Crippen LogP contribution < -0.4 is 0 Å². The van der Waals surface area contributed by atoms with E-state index in [2.05, 4.69) is 52.8 Å². The predicted octanol–water partition coefficient (Wildman–Crippen LogP) is 8.23. The molecule has 2 atom stereocenters. The lowest BCUT2D eigenvalue weighted by atomic mass is 9.98. The zero-order valence-corrected chi connectivity index (χ0v) is 25.6. The highest BCUT2D eigenvalue weighted by Gasteiger charge is 2.49. The molecule has 0 saturated carbocycles. The van der Waals surface area contributed by atoms with Crippen molar-refractivity contribution in [1.82, 2.24) is 9.80 Å². The Hall–Kier alpha value is -2.69. The average Bonchev–Trinajstić information content (AvgIpc) is 3.70. The number of nitriles is 1. The summed E-state index contributed by atoms with van der Waals surface area (Å²) in [4.78, 5) is 36.1. The second kappa shape index (κ2) is 13.1. The molecular formula is C32H41N3O2S2. The number of fused-ring (bicyclic) bond motifs is 1. The first-order chi connectivity index (χ1) is 18.9. The van der Waals surface area contributed by atoms with Crippen molar-refractivity contribution in [2.75, 3.05) is 13.1 Å². The minimum Gasteiger partial charge on any atom is -0.306 e. The summed E-state index contributed by atoms with van der Waals surface area (Å²) in [5, 5.41) is 9.54. The van der Waals surface area contributed by atoms with Crippen LogP contribution in [0.5, 0.6) is 0 Å². The number of thiophene rings is 2. The molecule has 2 aliphatic heterocycles. The molecule has 0 saturated heterocycles. The minimum absolute atomic E-state index is 0.0691. The number of unbranched alkanes of at least 4 members (excludes halogenated alkanes) is 2. The molecule has 4 rings (SSSR count). The van der Waals surface area contributed by atoms with E-state index in [-0.39, 0.29) is 11.8 Å². The number of rotatable bonds is 14. The van der Waals surface area contributed by atoms with E-state index in [1.165, 1.54) is 11.3 Å². The molecule has 208 valence electrons. The van der Waals surface area contributed by atoms with Crippen LogP contribution in [0.4, 0.5) is 0 Å². The fourth-order valence-electron chi connectivity index (χ4n) is 5.70. The van der Waals surface area contributed by atoms with Gasteiger partial charge in [-0.1, -0.05) is 66.2 Å². The van der Waals surface area contributed by atoms with E-state index in [4.69, 9.17) is 0 Å². The maximum Gasteiger partial charge on any atom is 0.261 e. The summed E-state index contributed by atoms with van der Waals surface area (Å²) in [5.41, 5.74) is 2.57. The van der Waals surface area contributed by atoms with Crippen LogP contribution in [-0.2, 0) is 9.59 Å². The van der Waals surface area contributed by atoms with Gasteiger partial charge in [0.05, 0.1) is 32.3 Å². The average molecular weight is 564 g/mol. The van der Waals surface area contributed by atoms with E-state index in [1.807, 2.05) is 15.9 Å². The molecular weight excluding hydrogens is 523 g/mol. The van der Waals surface area contributed by atoms with Gasteiger partial charge < -0.3 is 9.80 Å². The lowest BCUT2D eigenvalue weighted by Gasteiger charge is -2.29. The fourth-order valence-corrected chi connectivity index (χ4v) is 7.49. The molecule has 2 amide bonds. The van der Waals surface area contributed by atoms with Crippen molar-refractivity contribution in [3.63, 3.8) is 0 Å². The Bertz CT molecular complexity index is 1310. The van der Waals surface area contributed by atoms with Gasteiger partial charge in [0.15, 0.2) is 0 Å². The Kier molecular flexibility index (Phi) is 9.85. The normalized spacial score (nSPS) is 16.9. The highest BCUT2D eigenvalue weighted by molar-refractivity contribution is 7.14. The van der Waals surface area contributed by atoms with Crippen LogP contribution in [-0.4, -0.2) is 34.7 Å². The number of hydrogen-bond donors (Lipinski definition) is 0. The van der Waals surface area contributed by atoms with Gasteiger partial charge in [0, 0.05) is 18.0 Å². The van der Waals surface area contributed by atoms with Gasteiger partial charge in [0.2, 0.25) is 0 Å². The molecule has 0 aromatic carbocycles. The Morgan fingerprint density at radius 3 is 1.64 bits per heavy atom. The summed E-state index contributed by atoms with van der Waals surface area (Å²) < 4.78 is 0. The molecule has 4 heterocycles. The molecule has 2 aromatic heterocycles. The molecule has 0 bridgehead atoms. The van der Waals surface area contributed by atoms with Crippen molar-refractivity contribution >= 4 is 45.9 Å². The van der Waals surface area contributed by atoms with Crippen molar-refractivity contribution in [3.05, 3.63) is 54.9 Å². The summed E-state index contributed by atoms with van der Waals surface area (Å²) in [6.45, 7) is 12.0. The smallest absolute Gasteiger partial charge is 0.261 e. The molecule has 0 N–H and O–H groups in total. The third-order valence-corrected chi connectivity index (χ3v) is 10.1. The van der Waals surface area contributed by atoms with Gasteiger partial charge in [0.1, 0.15) is 10.9 Å². The topological polar surface area (TPSA) is 64.4 Å². The van der Waals surface area contributed by atoms with Crippen LogP contribution in [0.3, 0.4) is 0 Å². The van der Waals surface area contributed by atoms with Gasteiger partial charge in [-0.25, -0.2) is 0 Å². The van der Waals surface area contributed by atoms with Crippen molar-refractivity contribution in [2.45, 2.75) is 86.0 Å². The first-order valence-electron chi connectivity index (χ1n) is 14.6. The number of amides is 2. The lowest BCUT2D eigenvalue weighted by molar-refractivity contribution is -0.124. The molecule has 7 heteroatoms. The summed E-state index contributed by atoms with van der Waals surface area (Å²) >= 11 is 3.01. The Morgan fingerprint density at radius 1 is 0.769 bits per heavy atom. The number of carbonyl (C=O) groups is 2. The van der Waals surface area contributed by atoms with Crippen molar-refractivity contribution in [2.24, 2.45) is 11.8 Å². The molecule has 0 radical (unpaired) electrons. The predicted molar refractivity (Wildman–Crippen MR) is 162 cm³/mol. The second-order valence-corrected chi connectivity index (χ2v) is 13.2. The highest BCUT2D eigenvalue weighted by Crippen LogP contribution is 2.49. The zero-order chi connectivity index (χ0) is 28.1. The van der Waals surface area contributed by atoms with Gasteiger partial charge in [-0.05, 0) is 55.9 Å². The minimum atomic E-state index is -0.0691. The molecule has 0 aliphatic carbocycles. The standard InChI is InChI=1S/C32H41N3O2S2/c1-6-10-12-22(8-3)19-34-29(25-16-14-21(5)38-25)27-28(32(34)37)30(26-17-15-24(18-33)39-26)35(31(27)36)20-23(9-4)13-11-7-2/h14-17,22-23H,6-13,19-20H2,1-5H3. The molecule has 0 fully saturated rings. The van der Waals surface area contributed by atoms with Crippen LogP contribution >= 0.6 is 22.7 Å². The van der Waals surface area contributed by atoms with E-state index in [0.717, 1.165) is 71.7 Å². The third kappa shape index (κ3) is 5.93. The largest absolute Gasteiger partial charge is 0.306 e. The SMILES string of the molecule is CCCCC(CC)CN1C(=O)C2=C(c3ccc(C#N)s3)N(CC(CC)CCCC)C(=O)C2=C1c1ccc(C)s1. The summed E-state index contributed by atoms with van der Waals surface area (Å²) in [5.74, 6) is 0.599. The van der Waals surface area contributed by atoms with Gasteiger partial charge >= 0.3 is 0 Å². The van der Waals surface area contributed by atoms with Crippen molar-refractivity contribution < 1.29 is 9.59 Å². The van der Waals surface area contributed by atoms with Gasteiger partial charge in [-0.3, -0.25) is 9.59 Å². The lowest BCUT2D eigenvalue weighted by Crippen LogP contribution is -2.34. The van der Waals surface area contributed by atoms with E-state index in [0.29, 0.717) is 46.6 Å². The maximum absolute atomic E-state index is 14.4.